The van der Waals surface area contributed by atoms with Gasteiger partial charge in [0, 0.05) is 5.39 Å². The normalized spacial score (nSPS) is 11.4. The first-order valence-corrected chi connectivity index (χ1v) is 7.76. The van der Waals surface area contributed by atoms with Crippen LogP contribution < -0.4 is 11.5 Å². The Morgan fingerprint density at radius 3 is 2.52 bits per heavy atom. The van der Waals surface area contributed by atoms with Gasteiger partial charge in [-0.25, -0.2) is 4.98 Å². The summed E-state index contributed by atoms with van der Waals surface area (Å²) >= 11 is 1.20. The average Bonchev–Trinajstić information content (AvgIpc) is 2.85. The lowest BCUT2D eigenvalue weighted by Gasteiger charge is -2.05. The SMILES string of the molecule is Cc1nc2sc(C(N)=O)c(N)c2c(C)c1N=Nc1ccccc1. The van der Waals surface area contributed by atoms with E-state index in [1.54, 1.807) is 0 Å². The largest absolute Gasteiger partial charge is 0.397 e. The lowest BCUT2D eigenvalue weighted by molar-refractivity contribution is 0.100. The molecule has 1 aromatic carbocycles. The molecule has 0 saturated carbocycles. The second-order valence-corrected chi connectivity index (χ2v) is 6.09. The van der Waals surface area contributed by atoms with E-state index in [0.717, 1.165) is 22.3 Å². The number of nitrogen functional groups attached to an aromatic ring is 1. The molecule has 1 amide bonds. The molecule has 0 aliphatic carbocycles. The fourth-order valence-corrected chi connectivity index (χ4v) is 3.45. The maximum Gasteiger partial charge on any atom is 0.260 e. The van der Waals surface area contributed by atoms with Crippen LogP contribution in [0.25, 0.3) is 10.2 Å². The van der Waals surface area contributed by atoms with Crippen molar-refractivity contribution in [2.75, 3.05) is 5.73 Å². The van der Waals surface area contributed by atoms with Crippen molar-refractivity contribution in [2.45, 2.75) is 13.8 Å². The topological polar surface area (TPSA) is 107 Å². The molecule has 0 aliphatic heterocycles. The van der Waals surface area contributed by atoms with Gasteiger partial charge in [-0.2, -0.15) is 5.11 Å². The smallest absolute Gasteiger partial charge is 0.260 e. The summed E-state index contributed by atoms with van der Waals surface area (Å²) in [6.45, 7) is 3.75. The number of carbonyl (C=O) groups is 1. The zero-order valence-electron chi connectivity index (χ0n) is 12.7. The summed E-state index contributed by atoms with van der Waals surface area (Å²) in [5.41, 5.74) is 14.8. The highest BCUT2D eigenvalue weighted by atomic mass is 32.1. The number of primary amides is 1. The van der Waals surface area contributed by atoms with Gasteiger partial charge in [-0.15, -0.1) is 16.5 Å². The summed E-state index contributed by atoms with van der Waals surface area (Å²) in [6.07, 6.45) is 0. The van der Waals surface area contributed by atoms with E-state index in [4.69, 9.17) is 11.5 Å². The zero-order valence-corrected chi connectivity index (χ0v) is 13.5. The summed E-state index contributed by atoms with van der Waals surface area (Å²) in [6, 6.07) is 9.44. The molecule has 116 valence electrons. The van der Waals surface area contributed by atoms with Crippen LogP contribution in [0, 0.1) is 13.8 Å². The second-order valence-electron chi connectivity index (χ2n) is 5.10. The van der Waals surface area contributed by atoms with Crippen molar-refractivity contribution in [2.24, 2.45) is 16.0 Å². The summed E-state index contributed by atoms with van der Waals surface area (Å²) < 4.78 is 0. The minimum atomic E-state index is -0.546. The molecule has 0 radical (unpaired) electrons. The number of hydrogen-bond donors (Lipinski definition) is 2. The number of pyridine rings is 1. The van der Waals surface area contributed by atoms with E-state index in [-0.39, 0.29) is 0 Å². The molecule has 3 rings (SSSR count). The number of nitrogens with zero attached hydrogens (tertiary/aromatic N) is 3. The summed E-state index contributed by atoms with van der Waals surface area (Å²) in [4.78, 5) is 17.0. The second kappa shape index (κ2) is 5.77. The zero-order chi connectivity index (χ0) is 16.6. The number of thiophene rings is 1. The molecule has 7 heteroatoms. The monoisotopic (exact) mass is 325 g/mol. The van der Waals surface area contributed by atoms with E-state index in [1.807, 2.05) is 44.2 Å². The highest BCUT2D eigenvalue weighted by molar-refractivity contribution is 7.21. The molecule has 2 heterocycles. The van der Waals surface area contributed by atoms with Crippen molar-refractivity contribution >= 4 is 44.5 Å². The Morgan fingerprint density at radius 2 is 1.87 bits per heavy atom. The van der Waals surface area contributed by atoms with Gasteiger partial charge in [0.1, 0.15) is 15.4 Å². The molecule has 0 atom stereocenters. The Labute approximate surface area is 136 Å². The first kappa shape index (κ1) is 15.1. The molecule has 0 bridgehead atoms. The van der Waals surface area contributed by atoms with Gasteiger partial charge in [0.25, 0.3) is 5.91 Å². The highest BCUT2D eigenvalue weighted by Gasteiger charge is 2.19. The van der Waals surface area contributed by atoms with Gasteiger partial charge < -0.3 is 11.5 Å². The third-order valence-corrected chi connectivity index (χ3v) is 4.63. The molecular formula is C16H15N5OS. The summed E-state index contributed by atoms with van der Waals surface area (Å²) in [7, 11) is 0. The minimum Gasteiger partial charge on any atom is -0.397 e. The van der Waals surface area contributed by atoms with Crippen LogP contribution in [-0.2, 0) is 0 Å². The number of azo groups is 1. The Bertz CT molecular complexity index is 931. The number of amides is 1. The van der Waals surface area contributed by atoms with Crippen molar-refractivity contribution in [1.29, 1.82) is 0 Å². The lowest BCUT2D eigenvalue weighted by atomic mass is 10.1. The van der Waals surface area contributed by atoms with Gasteiger partial charge >= 0.3 is 0 Å². The Kier molecular flexibility index (Phi) is 3.79. The number of aryl methyl sites for hydroxylation is 2. The third kappa shape index (κ3) is 2.66. The Balaban J connectivity index is 2.16. The Hall–Kier alpha value is -2.80. The highest BCUT2D eigenvalue weighted by Crippen LogP contribution is 2.39. The van der Waals surface area contributed by atoms with Gasteiger partial charge in [-0.3, -0.25) is 4.79 Å². The van der Waals surface area contributed by atoms with Crippen LogP contribution in [0.1, 0.15) is 20.9 Å². The fraction of sp³-hybridized carbons (Fsp3) is 0.125. The average molecular weight is 325 g/mol. The number of benzene rings is 1. The Morgan fingerprint density at radius 1 is 1.17 bits per heavy atom. The van der Waals surface area contributed by atoms with E-state index >= 15 is 0 Å². The van der Waals surface area contributed by atoms with Crippen LogP contribution in [-0.4, -0.2) is 10.9 Å². The first-order chi connectivity index (χ1) is 11.0. The van der Waals surface area contributed by atoms with Gasteiger partial charge in [0.2, 0.25) is 0 Å². The van der Waals surface area contributed by atoms with Crippen molar-refractivity contribution in [3.05, 3.63) is 46.5 Å². The van der Waals surface area contributed by atoms with E-state index in [2.05, 4.69) is 15.2 Å². The molecule has 4 N–H and O–H groups in total. The van der Waals surface area contributed by atoms with E-state index < -0.39 is 5.91 Å². The molecule has 0 spiro atoms. The number of anilines is 1. The van der Waals surface area contributed by atoms with Gasteiger partial charge in [0.15, 0.2) is 0 Å². The fourth-order valence-electron chi connectivity index (χ4n) is 2.40. The predicted octanol–water partition coefficient (Wildman–Crippen LogP) is 4.01. The standard InChI is InChI=1S/C16H15N5OS/c1-8-11-12(17)14(15(18)22)23-16(11)19-9(2)13(8)21-20-10-6-4-3-5-7-10/h3-7H,17H2,1-2H3,(H2,18,22). The van der Waals surface area contributed by atoms with Crippen LogP contribution in [0.5, 0.6) is 0 Å². The van der Waals surface area contributed by atoms with Crippen molar-refractivity contribution < 1.29 is 4.79 Å². The molecule has 0 aliphatic rings. The number of hydrogen-bond acceptors (Lipinski definition) is 6. The number of fused-ring (bicyclic) bond motifs is 1. The van der Waals surface area contributed by atoms with Gasteiger partial charge in [-0.05, 0) is 31.5 Å². The van der Waals surface area contributed by atoms with E-state index in [1.165, 1.54) is 11.3 Å². The van der Waals surface area contributed by atoms with Gasteiger partial charge in [-0.1, -0.05) is 18.2 Å². The van der Waals surface area contributed by atoms with Crippen molar-refractivity contribution in [1.82, 2.24) is 4.98 Å². The quantitative estimate of drug-likeness (QED) is 0.710. The maximum absolute atomic E-state index is 11.5. The molecular weight excluding hydrogens is 310 g/mol. The van der Waals surface area contributed by atoms with Crippen molar-refractivity contribution in [3.8, 4) is 0 Å². The molecule has 23 heavy (non-hydrogen) atoms. The first-order valence-electron chi connectivity index (χ1n) is 6.94. The number of aromatic nitrogens is 1. The van der Waals surface area contributed by atoms with Crippen LogP contribution >= 0.6 is 11.3 Å². The number of carbonyl (C=O) groups excluding carboxylic acids is 1. The van der Waals surface area contributed by atoms with Crippen LogP contribution in [0.4, 0.5) is 17.1 Å². The minimum absolute atomic E-state index is 0.326. The molecule has 0 saturated heterocycles. The summed E-state index contributed by atoms with van der Waals surface area (Å²) in [5.74, 6) is -0.546. The van der Waals surface area contributed by atoms with Gasteiger partial charge in [0.05, 0.1) is 17.1 Å². The molecule has 6 nitrogen and oxygen atoms in total. The van der Waals surface area contributed by atoms with E-state index in [0.29, 0.717) is 21.1 Å². The predicted molar refractivity (Wildman–Crippen MR) is 92.6 cm³/mol. The van der Waals surface area contributed by atoms with E-state index in [9.17, 15) is 4.79 Å². The molecule has 0 unspecified atom stereocenters. The molecule has 0 fully saturated rings. The van der Waals surface area contributed by atoms with Crippen LogP contribution in [0.15, 0.2) is 40.6 Å². The maximum atomic E-state index is 11.5. The molecule has 2 aromatic heterocycles. The lowest BCUT2D eigenvalue weighted by Crippen LogP contribution is -2.10. The third-order valence-electron chi connectivity index (χ3n) is 3.51. The van der Waals surface area contributed by atoms with Crippen LogP contribution in [0.3, 0.4) is 0 Å². The summed E-state index contributed by atoms with van der Waals surface area (Å²) in [5, 5.41) is 9.27. The van der Waals surface area contributed by atoms with Crippen LogP contribution in [0.2, 0.25) is 0 Å². The molecule has 3 aromatic rings. The number of nitrogens with two attached hydrogens (primary N) is 2. The van der Waals surface area contributed by atoms with Crippen molar-refractivity contribution in [3.63, 3.8) is 0 Å². The number of rotatable bonds is 3.